The van der Waals surface area contributed by atoms with E-state index in [-0.39, 0.29) is 0 Å². The number of hydrogen-bond donors (Lipinski definition) is 2. The second-order valence-electron chi connectivity index (χ2n) is 3.15. The number of H-pyrrole nitrogens is 2. The highest BCUT2D eigenvalue weighted by molar-refractivity contribution is 9.10. The summed E-state index contributed by atoms with van der Waals surface area (Å²) in [5, 5.41) is 0.716. The first kappa shape index (κ1) is 14.0. The summed E-state index contributed by atoms with van der Waals surface area (Å²) < 4.78 is 0.679. The van der Waals surface area contributed by atoms with E-state index in [0.29, 0.717) is 20.4 Å². The Morgan fingerprint density at radius 1 is 1.24 bits per heavy atom. The lowest BCUT2D eigenvalue weighted by Crippen LogP contribution is -2.22. The third-order valence-corrected chi connectivity index (χ3v) is 3.73. The largest absolute Gasteiger partial charge is 0.326 e. The zero-order valence-electron chi connectivity index (χ0n) is 9.65. The number of hydrogen-bond acceptors (Lipinski definition) is 2. The van der Waals surface area contributed by atoms with Gasteiger partial charge >= 0.3 is 5.69 Å². The summed E-state index contributed by atoms with van der Waals surface area (Å²) in [4.78, 5) is 27.2. The highest BCUT2D eigenvalue weighted by Gasteiger charge is 2.10. The minimum atomic E-state index is -0.565. The Hall–Kier alpha value is -1.07. The van der Waals surface area contributed by atoms with Gasteiger partial charge in [-0.25, -0.2) is 4.79 Å². The van der Waals surface area contributed by atoms with E-state index in [9.17, 15) is 9.59 Å². The molecule has 1 aromatic carbocycles. The van der Waals surface area contributed by atoms with E-state index in [1.165, 1.54) is 0 Å². The molecule has 0 fully saturated rings. The lowest BCUT2D eigenvalue weighted by Gasteiger charge is -2.04. The molecule has 0 aliphatic rings. The van der Waals surface area contributed by atoms with Crippen molar-refractivity contribution in [1.29, 1.82) is 0 Å². The van der Waals surface area contributed by atoms with E-state index < -0.39 is 11.2 Å². The van der Waals surface area contributed by atoms with Gasteiger partial charge in [-0.15, -0.1) is 0 Å². The first-order chi connectivity index (χ1) is 8.00. The predicted molar refractivity (Wildman–Crippen MR) is 74.0 cm³/mol. The molecule has 0 amide bonds. The summed E-state index contributed by atoms with van der Waals surface area (Å²) in [7, 11) is 0. The summed E-state index contributed by atoms with van der Waals surface area (Å²) in [5.74, 6) is 0. The number of fused-ring (bicyclic) bond motifs is 1. The van der Waals surface area contributed by atoms with Crippen LogP contribution in [0, 0.1) is 6.92 Å². The molecular formula is C11H12BrClN2O2. The van der Waals surface area contributed by atoms with Crippen LogP contribution in [-0.4, -0.2) is 9.97 Å². The molecule has 2 N–H and O–H groups in total. The van der Waals surface area contributed by atoms with Crippen LogP contribution in [0.15, 0.2) is 20.1 Å². The third-order valence-electron chi connectivity index (χ3n) is 2.10. The monoisotopic (exact) mass is 318 g/mol. The molecule has 0 unspecified atom stereocenters. The van der Waals surface area contributed by atoms with Crippen LogP contribution in [0.1, 0.15) is 19.4 Å². The van der Waals surface area contributed by atoms with E-state index in [1.54, 1.807) is 6.07 Å². The van der Waals surface area contributed by atoms with Crippen LogP contribution in [0.5, 0.6) is 0 Å². The number of aromatic amines is 2. The van der Waals surface area contributed by atoms with Gasteiger partial charge < -0.3 is 4.98 Å². The second kappa shape index (κ2) is 5.51. The van der Waals surface area contributed by atoms with Crippen molar-refractivity contribution in [3.8, 4) is 0 Å². The average Bonchev–Trinajstić information content (AvgIpc) is 2.31. The summed E-state index contributed by atoms with van der Waals surface area (Å²) in [6, 6.07) is 1.67. The fourth-order valence-corrected chi connectivity index (χ4v) is 1.98. The molecule has 4 nitrogen and oxygen atoms in total. The molecule has 1 aromatic heterocycles. The molecule has 0 radical (unpaired) electrons. The van der Waals surface area contributed by atoms with Crippen molar-refractivity contribution in [3.05, 3.63) is 42.0 Å². The SMILES string of the molecule is CC.Cc1cc2c(=O)[nH]c(=O)[nH]c2c(Cl)c1Br. The molecule has 92 valence electrons. The van der Waals surface area contributed by atoms with E-state index in [4.69, 9.17) is 11.6 Å². The van der Waals surface area contributed by atoms with Crippen molar-refractivity contribution < 1.29 is 0 Å². The topological polar surface area (TPSA) is 65.7 Å². The summed E-state index contributed by atoms with van der Waals surface area (Å²) in [5.41, 5.74) is 0.185. The number of nitrogens with one attached hydrogen (secondary N) is 2. The second-order valence-corrected chi connectivity index (χ2v) is 4.32. The zero-order chi connectivity index (χ0) is 13.2. The van der Waals surface area contributed by atoms with Crippen molar-refractivity contribution in [2.45, 2.75) is 20.8 Å². The molecule has 2 aromatic rings. The van der Waals surface area contributed by atoms with Crippen LogP contribution in [0.4, 0.5) is 0 Å². The Balaban J connectivity index is 0.000000686. The van der Waals surface area contributed by atoms with Crippen LogP contribution in [0.3, 0.4) is 0 Å². The Morgan fingerprint density at radius 3 is 2.41 bits per heavy atom. The van der Waals surface area contributed by atoms with Gasteiger partial charge in [0.1, 0.15) is 0 Å². The van der Waals surface area contributed by atoms with Crippen LogP contribution >= 0.6 is 27.5 Å². The Bertz CT molecular complexity index is 661. The molecule has 0 spiro atoms. The van der Waals surface area contributed by atoms with Crippen molar-refractivity contribution in [3.63, 3.8) is 0 Å². The van der Waals surface area contributed by atoms with Gasteiger partial charge in [0.05, 0.1) is 15.9 Å². The minimum Gasteiger partial charge on any atom is -0.305 e. The van der Waals surface area contributed by atoms with Gasteiger partial charge in [-0.3, -0.25) is 9.78 Å². The van der Waals surface area contributed by atoms with Crippen LogP contribution in [-0.2, 0) is 0 Å². The van der Waals surface area contributed by atoms with E-state index in [2.05, 4.69) is 25.9 Å². The number of rotatable bonds is 0. The highest BCUT2D eigenvalue weighted by Crippen LogP contribution is 2.30. The van der Waals surface area contributed by atoms with E-state index in [1.807, 2.05) is 20.8 Å². The Kier molecular flexibility index (Phi) is 4.54. The van der Waals surface area contributed by atoms with Gasteiger partial charge in [-0.05, 0) is 34.5 Å². The zero-order valence-corrected chi connectivity index (χ0v) is 12.0. The molecule has 2 rings (SSSR count). The van der Waals surface area contributed by atoms with Gasteiger partial charge in [0.15, 0.2) is 0 Å². The predicted octanol–water partition coefficient (Wildman–Crippen LogP) is 2.97. The number of halogens is 2. The van der Waals surface area contributed by atoms with E-state index >= 15 is 0 Å². The first-order valence-corrected chi connectivity index (χ1v) is 6.28. The fourth-order valence-electron chi connectivity index (χ4n) is 1.37. The number of aryl methyl sites for hydroxylation is 1. The standard InChI is InChI=1S/C9H6BrClN2O2.C2H6/c1-3-2-4-7(6(11)5(3)10)12-9(15)13-8(4)14;1-2/h2H,1H3,(H2,12,13,14,15);1-2H3. The van der Waals surface area contributed by atoms with Crippen molar-refractivity contribution >= 4 is 38.4 Å². The van der Waals surface area contributed by atoms with Gasteiger partial charge in [-0.1, -0.05) is 25.4 Å². The first-order valence-electron chi connectivity index (χ1n) is 5.11. The molecule has 1 heterocycles. The maximum absolute atomic E-state index is 11.5. The van der Waals surface area contributed by atoms with Crippen molar-refractivity contribution in [2.24, 2.45) is 0 Å². The molecule has 0 aliphatic carbocycles. The fraction of sp³-hybridized carbons (Fsp3) is 0.273. The molecule has 6 heteroatoms. The van der Waals surface area contributed by atoms with Gasteiger partial charge in [-0.2, -0.15) is 0 Å². The molecule has 0 aliphatic heterocycles. The van der Waals surface area contributed by atoms with Crippen molar-refractivity contribution in [2.75, 3.05) is 0 Å². The highest BCUT2D eigenvalue weighted by atomic mass is 79.9. The Morgan fingerprint density at radius 2 is 1.82 bits per heavy atom. The summed E-state index contributed by atoms with van der Waals surface area (Å²) in [6.07, 6.45) is 0. The molecule has 0 atom stereocenters. The number of aromatic nitrogens is 2. The Labute approximate surface area is 111 Å². The molecule has 0 saturated heterocycles. The maximum Gasteiger partial charge on any atom is 0.326 e. The van der Waals surface area contributed by atoms with Crippen LogP contribution in [0.25, 0.3) is 10.9 Å². The summed E-state index contributed by atoms with van der Waals surface area (Å²) >= 11 is 9.29. The molecule has 0 saturated carbocycles. The third kappa shape index (κ3) is 2.61. The van der Waals surface area contributed by atoms with Crippen molar-refractivity contribution in [1.82, 2.24) is 9.97 Å². The van der Waals surface area contributed by atoms with Crippen LogP contribution in [0.2, 0.25) is 5.02 Å². The summed E-state index contributed by atoms with van der Waals surface area (Å²) in [6.45, 7) is 5.82. The molecular weight excluding hydrogens is 307 g/mol. The molecule has 17 heavy (non-hydrogen) atoms. The normalized spacial score (nSPS) is 9.94. The van der Waals surface area contributed by atoms with Gasteiger partial charge in [0.2, 0.25) is 0 Å². The molecule has 0 bridgehead atoms. The van der Waals surface area contributed by atoms with Crippen LogP contribution < -0.4 is 11.2 Å². The van der Waals surface area contributed by atoms with Gasteiger partial charge in [0.25, 0.3) is 5.56 Å². The quantitative estimate of drug-likeness (QED) is 0.784. The van der Waals surface area contributed by atoms with E-state index in [0.717, 1.165) is 5.56 Å². The smallest absolute Gasteiger partial charge is 0.305 e. The average molecular weight is 320 g/mol. The maximum atomic E-state index is 11.5. The lowest BCUT2D eigenvalue weighted by molar-refractivity contribution is 1.08. The minimum absolute atomic E-state index is 0.341. The lowest BCUT2D eigenvalue weighted by atomic mass is 10.2. The van der Waals surface area contributed by atoms with Gasteiger partial charge in [0, 0.05) is 4.47 Å². The number of benzene rings is 1.